The SMILES string of the molecule is CC1(C)OCc2c(Nc3n[nH]c4ccccc34)nc(-c3ccn[nH]3)nc21. The van der Waals surface area contributed by atoms with Crippen LogP contribution >= 0.6 is 0 Å². The van der Waals surface area contributed by atoms with E-state index in [4.69, 9.17) is 14.7 Å². The van der Waals surface area contributed by atoms with Crippen LogP contribution in [0.3, 0.4) is 0 Å². The summed E-state index contributed by atoms with van der Waals surface area (Å²) in [5.74, 6) is 1.99. The molecule has 0 unspecified atom stereocenters. The van der Waals surface area contributed by atoms with Crippen molar-refractivity contribution in [2.75, 3.05) is 5.32 Å². The minimum atomic E-state index is -0.475. The summed E-state index contributed by atoms with van der Waals surface area (Å²) in [6.07, 6.45) is 1.68. The third-order valence-electron chi connectivity index (χ3n) is 4.60. The van der Waals surface area contributed by atoms with Crippen LogP contribution in [0, 0.1) is 0 Å². The lowest BCUT2D eigenvalue weighted by Gasteiger charge is -2.18. The van der Waals surface area contributed by atoms with Crippen LogP contribution in [0.1, 0.15) is 25.1 Å². The summed E-state index contributed by atoms with van der Waals surface area (Å²) in [6, 6.07) is 9.80. The average Bonchev–Trinajstić information content (AvgIpc) is 3.36. The molecule has 8 heteroatoms. The molecule has 0 spiro atoms. The number of nitrogens with zero attached hydrogens (tertiary/aromatic N) is 4. The Morgan fingerprint density at radius 2 is 1.96 bits per heavy atom. The Labute approximate surface area is 149 Å². The number of rotatable bonds is 3. The van der Waals surface area contributed by atoms with E-state index in [-0.39, 0.29) is 0 Å². The molecule has 0 atom stereocenters. The molecule has 130 valence electrons. The molecule has 1 aliphatic rings. The molecule has 5 rings (SSSR count). The van der Waals surface area contributed by atoms with E-state index in [0.717, 1.165) is 33.7 Å². The topological polar surface area (TPSA) is 104 Å². The van der Waals surface area contributed by atoms with Crippen molar-refractivity contribution in [2.24, 2.45) is 0 Å². The van der Waals surface area contributed by atoms with Crippen LogP contribution in [0.15, 0.2) is 36.5 Å². The number of aromatic nitrogens is 6. The fourth-order valence-electron chi connectivity index (χ4n) is 3.21. The monoisotopic (exact) mass is 347 g/mol. The zero-order valence-electron chi connectivity index (χ0n) is 14.4. The third kappa shape index (κ3) is 2.26. The normalized spacial score (nSPS) is 15.3. The average molecular weight is 347 g/mol. The van der Waals surface area contributed by atoms with Gasteiger partial charge in [-0.05, 0) is 32.0 Å². The lowest BCUT2D eigenvalue weighted by atomic mass is 10.0. The van der Waals surface area contributed by atoms with Crippen LogP contribution in [0.5, 0.6) is 0 Å². The lowest BCUT2D eigenvalue weighted by molar-refractivity contribution is -0.00995. The van der Waals surface area contributed by atoms with Crippen molar-refractivity contribution in [1.82, 2.24) is 30.4 Å². The minimum absolute atomic E-state index is 0.455. The molecular weight excluding hydrogens is 330 g/mol. The van der Waals surface area contributed by atoms with Gasteiger partial charge >= 0.3 is 0 Å². The maximum Gasteiger partial charge on any atom is 0.179 e. The molecule has 0 fully saturated rings. The molecule has 1 aromatic carbocycles. The number of hydrogen-bond acceptors (Lipinski definition) is 6. The van der Waals surface area contributed by atoms with Crippen molar-refractivity contribution in [3.05, 3.63) is 47.8 Å². The van der Waals surface area contributed by atoms with Gasteiger partial charge in [0.2, 0.25) is 0 Å². The number of fused-ring (bicyclic) bond motifs is 2. The number of para-hydroxylation sites is 1. The fourth-order valence-corrected chi connectivity index (χ4v) is 3.21. The Balaban J connectivity index is 1.66. The summed E-state index contributed by atoms with van der Waals surface area (Å²) in [5.41, 5.74) is 3.07. The van der Waals surface area contributed by atoms with Crippen LogP contribution < -0.4 is 5.32 Å². The predicted molar refractivity (Wildman–Crippen MR) is 96.8 cm³/mol. The fraction of sp³-hybridized carbons (Fsp3) is 0.222. The molecule has 4 heterocycles. The van der Waals surface area contributed by atoms with Gasteiger partial charge in [-0.2, -0.15) is 10.2 Å². The van der Waals surface area contributed by atoms with Gasteiger partial charge in [0, 0.05) is 17.1 Å². The maximum atomic E-state index is 5.93. The second kappa shape index (κ2) is 5.37. The third-order valence-corrected chi connectivity index (χ3v) is 4.60. The lowest BCUT2D eigenvalue weighted by Crippen LogP contribution is -2.17. The molecule has 0 saturated heterocycles. The van der Waals surface area contributed by atoms with Gasteiger partial charge < -0.3 is 10.1 Å². The molecule has 26 heavy (non-hydrogen) atoms. The number of nitrogens with one attached hydrogen (secondary N) is 3. The molecule has 3 N–H and O–H groups in total. The standard InChI is InChI=1S/C18H17N7O/c1-18(2)14-11(9-26-18)15(22-17(20-14)13-7-8-19-23-13)21-16-10-5-3-4-6-12(10)24-25-16/h3-8H,9H2,1-2H3,(H,19,23)(H2,20,21,22,24,25). The highest BCUT2D eigenvalue weighted by Crippen LogP contribution is 2.39. The van der Waals surface area contributed by atoms with Gasteiger partial charge in [-0.15, -0.1) is 0 Å². The van der Waals surface area contributed by atoms with Crippen molar-refractivity contribution in [3.8, 4) is 11.5 Å². The first-order valence-electron chi connectivity index (χ1n) is 8.37. The number of hydrogen-bond donors (Lipinski definition) is 3. The highest BCUT2D eigenvalue weighted by molar-refractivity contribution is 5.91. The van der Waals surface area contributed by atoms with Crippen LogP contribution in [-0.2, 0) is 16.9 Å². The first-order valence-corrected chi connectivity index (χ1v) is 8.37. The van der Waals surface area contributed by atoms with Crippen molar-refractivity contribution in [1.29, 1.82) is 0 Å². The molecule has 8 nitrogen and oxygen atoms in total. The van der Waals surface area contributed by atoms with E-state index < -0.39 is 5.60 Å². The van der Waals surface area contributed by atoms with Gasteiger partial charge in [0.1, 0.15) is 17.1 Å². The summed E-state index contributed by atoms with van der Waals surface area (Å²) in [4.78, 5) is 9.43. The molecule has 0 bridgehead atoms. The summed E-state index contributed by atoms with van der Waals surface area (Å²) in [7, 11) is 0. The quantitative estimate of drug-likeness (QED) is 0.525. The molecule has 3 aromatic heterocycles. The van der Waals surface area contributed by atoms with Crippen molar-refractivity contribution in [3.63, 3.8) is 0 Å². The summed E-state index contributed by atoms with van der Waals surface area (Å²) in [5, 5.41) is 18.7. The van der Waals surface area contributed by atoms with Gasteiger partial charge in [0.15, 0.2) is 11.6 Å². The van der Waals surface area contributed by atoms with E-state index in [1.807, 2.05) is 44.2 Å². The van der Waals surface area contributed by atoms with E-state index in [2.05, 4.69) is 25.7 Å². The maximum absolute atomic E-state index is 5.93. The van der Waals surface area contributed by atoms with Crippen LogP contribution in [-0.4, -0.2) is 30.4 Å². The molecule has 0 amide bonds. The van der Waals surface area contributed by atoms with Crippen LogP contribution in [0.2, 0.25) is 0 Å². The zero-order chi connectivity index (χ0) is 17.7. The van der Waals surface area contributed by atoms with E-state index >= 15 is 0 Å². The molecule has 0 radical (unpaired) electrons. The van der Waals surface area contributed by atoms with Crippen molar-refractivity contribution < 1.29 is 4.74 Å². The van der Waals surface area contributed by atoms with E-state index in [1.165, 1.54) is 0 Å². The van der Waals surface area contributed by atoms with E-state index in [1.54, 1.807) is 6.20 Å². The first-order chi connectivity index (χ1) is 12.6. The molecular formula is C18H17N7O. The molecule has 4 aromatic rings. The Bertz CT molecular complexity index is 1100. The van der Waals surface area contributed by atoms with E-state index in [9.17, 15) is 0 Å². The first kappa shape index (κ1) is 15.0. The number of H-pyrrole nitrogens is 2. The number of benzene rings is 1. The van der Waals surface area contributed by atoms with E-state index in [0.29, 0.717) is 18.2 Å². The van der Waals surface area contributed by atoms with Gasteiger partial charge in [0.25, 0.3) is 0 Å². The number of anilines is 2. The highest BCUT2D eigenvalue weighted by Gasteiger charge is 2.36. The minimum Gasteiger partial charge on any atom is -0.364 e. The predicted octanol–water partition coefficient (Wildman–Crippen LogP) is 3.25. The smallest absolute Gasteiger partial charge is 0.179 e. The molecule has 0 saturated carbocycles. The van der Waals surface area contributed by atoms with Crippen LogP contribution in [0.25, 0.3) is 22.4 Å². The highest BCUT2D eigenvalue weighted by atomic mass is 16.5. The summed E-state index contributed by atoms with van der Waals surface area (Å²) in [6.45, 7) is 4.48. The Kier molecular flexibility index (Phi) is 3.10. The second-order valence-electron chi connectivity index (χ2n) is 6.74. The Morgan fingerprint density at radius 3 is 2.81 bits per heavy atom. The summed E-state index contributed by atoms with van der Waals surface area (Å²) < 4.78 is 5.93. The van der Waals surface area contributed by atoms with Crippen LogP contribution in [0.4, 0.5) is 11.6 Å². The van der Waals surface area contributed by atoms with Crippen molar-refractivity contribution >= 4 is 22.5 Å². The Hall–Kier alpha value is -3.26. The van der Waals surface area contributed by atoms with Gasteiger partial charge in [0.05, 0.1) is 17.8 Å². The van der Waals surface area contributed by atoms with Gasteiger partial charge in [-0.25, -0.2) is 9.97 Å². The molecule has 1 aliphatic heterocycles. The largest absolute Gasteiger partial charge is 0.364 e. The Morgan fingerprint density at radius 1 is 1.08 bits per heavy atom. The zero-order valence-corrected chi connectivity index (χ0v) is 14.4. The van der Waals surface area contributed by atoms with Crippen molar-refractivity contribution in [2.45, 2.75) is 26.1 Å². The summed E-state index contributed by atoms with van der Waals surface area (Å²) >= 11 is 0. The number of aromatic amines is 2. The number of ether oxygens (including phenoxy) is 1. The molecule has 0 aliphatic carbocycles. The van der Waals surface area contributed by atoms with Gasteiger partial charge in [-0.1, -0.05) is 12.1 Å². The second-order valence-corrected chi connectivity index (χ2v) is 6.74. The van der Waals surface area contributed by atoms with Gasteiger partial charge in [-0.3, -0.25) is 10.2 Å².